The van der Waals surface area contributed by atoms with Crippen LogP contribution in [-0.4, -0.2) is 27.6 Å². The van der Waals surface area contributed by atoms with E-state index >= 15 is 0 Å². The zero-order valence-electron chi connectivity index (χ0n) is 18.2. The lowest BCUT2D eigenvalue weighted by Gasteiger charge is -2.16. The molecule has 0 aliphatic heterocycles. The van der Waals surface area contributed by atoms with Crippen LogP contribution < -0.4 is 10.9 Å². The largest absolute Gasteiger partial charge is 0.480 e. The van der Waals surface area contributed by atoms with E-state index in [1.807, 2.05) is 0 Å². The summed E-state index contributed by atoms with van der Waals surface area (Å²) in [6.07, 6.45) is -4.44. The third-order valence-electron chi connectivity index (χ3n) is 5.28. The summed E-state index contributed by atoms with van der Waals surface area (Å²) in [6, 6.07) is 7.76. The van der Waals surface area contributed by atoms with Crippen LogP contribution >= 0.6 is 0 Å². The number of carboxylic acids is 1. The van der Waals surface area contributed by atoms with Gasteiger partial charge in [0.2, 0.25) is 0 Å². The minimum atomic E-state index is -4.75. The lowest BCUT2D eigenvalue weighted by molar-refractivity contribution is -0.139. The highest BCUT2D eigenvalue weighted by Gasteiger charge is 2.34. The van der Waals surface area contributed by atoms with Crippen molar-refractivity contribution < 1.29 is 36.6 Å². The number of pyridine rings is 1. The van der Waals surface area contributed by atoms with Crippen molar-refractivity contribution in [2.24, 2.45) is 7.05 Å². The second kappa shape index (κ2) is 10.1. The first-order chi connectivity index (χ1) is 16.4. The fraction of sp³-hybridized carbons (Fsp3) is 0.208. The van der Waals surface area contributed by atoms with Crippen LogP contribution in [0.15, 0.2) is 59.5 Å². The molecule has 0 aliphatic carbocycles. The highest BCUT2D eigenvalue weighted by Crippen LogP contribution is 2.31. The van der Waals surface area contributed by atoms with Crippen molar-refractivity contribution in [2.45, 2.75) is 25.1 Å². The van der Waals surface area contributed by atoms with Crippen LogP contribution in [0.2, 0.25) is 0 Å². The van der Waals surface area contributed by atoms with Crippen molar-refractivity contribution in [1.82, 2.24) is 9.88 Å². The Hall–Kier alpha value is -4.02. The van der Waals surface area contributed by atoms with Gasteiger partial charge in [-0.15, -0.1) is 0 Å². The Balaban J connectivity index is 1.86. The molecular weight excluding hydrogens is 475 g/mol. The smallest absolute Gasteiger partial charge is 0.416 e. The van der Waals surface area contributed by atoms with E-state index in [2.05, 4.69) is 5.32 Å². The van der Waals surface area contributed by atoms with Gasteiger partial charge < -0.3 is 15.0 Å². The van der Waals surface area contributed by atoms with Gasteiger partial charge in [-0.25, -0.2) is 13.6 Å². The summed E-state index contributed by atoms with van der Waals surface area (Å²) in [4.78, 5) is 36.4. The van der Waals surface area contributed by atoms with Crippen LogP contribution in [-0.2, 0) is 30.9 Å². The molecule has 0 bridgehead atoms. The number of nitrogens with zero attached hydrogens (tertiary/aromatic N) is 1. The van der Waals surface area contributed by atoms with Crippen LogP contribution in [0.1, 0.15) is 32.6 Å². The van der Waals surface area contributed by atoms with E-state index in [1.54, 1.807) is 0 Å². The summed E-state index contributed by atoms with van der Waals surface area (Å²) in [5.41, 5.74) is -2.70. The number of alkyl halides is 3. The van der Waals surface area contributed by atoms with Crippen molar-refractivity contribution in [3.8, 4) is 0 Å². The summed E-state index contributed by atoms with van der Waals surface area (Å²) >= 11 is 0. The summed E-state index contributed by atoms with van der Waals surface area (Å²) in [5, 5.41) is 11.6. The van der Waals surface area contributed by atoms with Gasteiger partial charge in [-0.2, -0.15) is 13.2 Å². The Kier molecular flexibility index (Phi) is 7.37. The first kappa shape index (κ1) is 25.6. The van der Waals surface area contributed by atoms with Gasteiger partial charge in [-0.05, 0) is 29.3 Å². The van der Waals surface area contributed by atoms with E-state index < -0.39 is 58.0 Å². The number of aliphatic carboxylic acids is 1. The lowest BCUT2D eigenvalue weighted by atomic mass is 9.97. The Bertz CT molecular complexity index is 1310. The molecule has 0 saturated carbocycles. The van der Waals surface area contributed by atoms with Gasteiger partial charge in [-0.1, -0.05) is 30.3 Å². The Morgan fingerprint density at radius 1 is 1.03 bits per heavy atom. The maximum Gasteiger partial charge on any atom is 0.416 e. The van der Waals surface area contributed by atoms with E-state index in [4.69, 9.17) is 0 Å². The maximum absolute atomic E-state index is 13.9. The monoisotopic (exact) mass is 494 g/mol. The zero-order chi connectivity index (χ0) is 25.9. The lowest BCUT2D eigenvalue weighted by Crippen LogP contribution is -2.43. The van der Waals surface area contributed by atoms with E-state index in [0.29, 0.717) is 11.1 Å². The van der Waals surface area contributed by atoms with Crippen LogP contribution in [0.25, 0.3) is 0 Å². The predicted molar refractivity (Wildman–Crippen MR) is 115 cm³/mol. The van der Waals surface area contributed by atoms with Crippen LogP contribution in [0.5, 0.6) is 0 Å². The van der Waals surface area contributed by atoms with Crippen molar-refractivity contribution in [3.05, 3.63) is 105 Å². The van der Waals surface area contributed by atoms with Crippen molar-refractivity contribution in [1.29, 1.82) is 0 Å². The van der Waals surface area contributed by atoms with Gasteiger partial charge >= 0.3 is 12.1 Å². The molecule has 3 rings (SSSR count). The molecule has 11 heteroatoms. The van der Waals surface area contributed by atoms with Crippen LogP contribution in [0, 0.1) is 11.6 Å². The zero-order valence-corrected chi connectivity index (χ0v) is 18.2. The third kappa shape index (κ3) is 5.92. The molecular formula is C24H19F5N2O4. The van der Waals surface area contributed by atoms with E-state index in [-0.39, 0.29) is 12.8 Å². The van der Waals surface area contributed by atoms with Gasteiger partial charge in [0, 0.05) is 31.6 Å². The second-order valence-corrected chi connectivity index (χ2v) is 7.78. The van der Waals surface area contributed by atoms with Gasteiger partial charge in [0.1, 0.15) is 23.2 Å². The van der Waals surface area contributed by atoms with Crippen LogP contribution in [0.4, 0.5) is 22.0 Å². The number of halogens is 5. The Morgan fingerprint density at radius 3 is 2.23 bits per heavy atom. The van der Waals surface area contributed by atoms with E-state index in [1.165, 1.54) is 31.3 Å². The summed E-state index contributed by atoms with van der Waals surface area (Å²) < 4.78 is 69.0. The molecule has 0 radical (unpaired) electrons. The first-order valence-electron chi connectivity index (χ1n) is 10.2. The molecule has 184 valence electrons. The maximum atomic E-state index is 13.9. The second-order valence-electron chi connectivity index (χ2n) is 7.78. The van der Waals surface area contributed by atoms with Gasteiger partial charge in [0.15, 0.2) is 0 Å². The van der Waals surface area contributed by atoms with Gasteiger partial charge in [-0.3, -0.25) is 9.59 Å². The third-order valence-corrected chi connectivity index (χ3v) is 5.28. The number of carbonyl (C=O) groups is 2. The number of rotatable bonds is 7. The van der Waals surface area contributed by atoms with Gasteiger partial charge in [0.25, 0.3) is 11.5 Å². The number of amides is 1. The minimum absolute atomic E-state index is 0.298. The normalized spacial score (nSPS) is 12.3. The summed E-state index contributed by atoms with van der Waals surface area (Å²) in [6.45, 7) is 0. The van der Waals surface area contributed by atoms with E-state index in [0.717, 1.165) is 35.0 Å². The van der Waals surface area contributed by atoms with Crippen molar-refractivity contribution in [3.63, 3.8) is 0 Å². The number of nitrogens with one attached hydrogen (secondary N) is 1. The summed E-state index contributed by atoms with van der Waals surface area (Å²) in [7, 11) is 1.32. The average Bonchev–Trinajstić information content (AvgIpc) is 2.76. The quantitative estimate of drug-likeness (QED) is 0.491. The fourth-order valence-electron chi connectivity index (χ4n) is 3.57. The minimum Gasteiger partial charge on any atom is -0.480 e. The SMILES string of the molecule is Cn1ccc(C(F)(F)F)c(Cc2cccc(CC(NC(=O)c3c(F)cccc3F)C(=O)O)c2)c1=O. The number of aryl methyl sites for hydroxylation is 1. The van der Waals surface area contributed by atoms with Crippen molar-refractivity contribution >= 4 is 11.9 Å². The molecule has 1 aromatic heterocycles. The Morgan fingerprint density at radius 2 is 1.63 bits per heavy atom. The summed E-state index contributed by atoms with van der Waals surface area (Å²) in [5.74, 6) is -5.10. The Labute approximate surface area is 195 Å². The molecule has 3 aromatic rings. The molecule has 0 spiro atoms. The molecule has 1 heterocycles. The molecule has 1 atom stereocenters. The number of carboxylic acid groups (broad SMARTS) is 1. The average molecular weight is 494 g/mol. The molecule has 2 N–H and O–H groups in total. The predicted octanol–water partition coefficient (Wildman–Crippen LogP) is 3.70. The molecule has 2 aromatic carbocycles. The van der Waals surface area contributed by atoms with Crippen molar-refractivity contribution in [2.75, 3.05) is 0 Å². The molecule has 6 nitrogen and oxygen atoms in total. The first-order valence-corrected chi connectivity index (χ1v) is 10.2. The van der Waals surface area contributed by atoms with Gasteiger partial charge in [0.05, 0.1) is 5.56 Å². The number of aromatic nitrogens is 1. The number of hydrogen-bond acceptors (Lipinski definition) is 3. The molecule has 0 aliphatic rings. The standard InChI is InChI=1S/C24H19F5N2O4/c1-31-9-8-16(24(27,28)29)15(22(31)33)11-13-4-2-5-14(10-13)12-19(23(34)35)30-21(32)20-17(25)6-3-7-18(20)26/h2-10,19H,11-12H2,1H3,(H,30,32)(H,34,35). The highest BCUT2D eigenvalue weighted by molar-refractivity contribution is 5.97. The molecule has 0 fully saturated rings. The number of carbonyl (C=O) groups excluding carboxylic acids is 1. The number of hydrogen-bond donors (Lipinski definition) is 2. The van der Waals surface area contributed by atoms with Crippen LogP contribution in [0.3, 0.4) is 0 Å². The molecule has 1 unspecified atom stereocenters. The molecule has 0 saturated heterocycles. The number of benzene rings is 2. The molecule has 1 amide bonds. The molecule has 35 heavy (non-hydrogen) atoms. The topological polar surface area (TPSA) is 88.4 Å². The van der Waals surface area contributed by atoms with E-state index in [9.17, 15) is 41.4 Å². The highest BCUT2D eigenvalue weighted by atomic mass is 19.4. The fourth-order valence-corrected chi connectivity index (χ4v) is 3.57.